The Morgan fingerprint density at radius 3 is 2.71 bits per heavy atom. The second kappa shape index (κ2) is 6.18. The Bertz CT molecular complexity index is 325. The number of nitrogens with zero attached hydrogens (tertiary/aromatic N) is 1. The second-order valence-electron chi connectivity index (χ2n) is 5.10. The van der Waals surface area contributed by atoms with Gasteiger partial charge in [0.1, 0.15) is 0 Å². The zero-order chi connectivity index (χ0) is 12.1. The molecule has 2 heteroatoms. The summed E-state index contributed by atoms with van der Waals surface area (Å²) >= 11 is 0. The van der Waals surface area contributed by atoms with E-state index in [1.807, 2.05) is 0 Å². The minimum absolute atomic E-state index is 0.104. The molecule has 1 aromatic carbocycles. The number of β-amino-alcohol motifs (C(OH)–C–C–N with tert-alkyl or cyclic N) is 1. The highest BCUT2D eigenvalue weighted by Gasteiger charge is 2.23. The molecule has 0 bridgehead atoms. The minimum Gasteiger partial charge on any atom is -0.392 e. The minimum atomic E-state index is -0.104. The standard InChI is InChI=1S/C15H23NO/c1-2-6-14(13-7-4-3-5-8-13)11-16-10-9-15(17)12-16/h3-5,7-8,14-15,17H,2,6,9-12H2,1H3/t14?,15-/m1/s1. The molecular weight excluding hydrogens is 210 g/mol. The van der Waals surface area contributed by atoms with Crippen LogP contribution in [0.25, 0.3) is 0 Å². The van der Waals surface area contributed by atoms with E-state index in [0.29, 0.717) is 5.92 Å². The summed E-state index contributed by atoms with van der Waals surface area (Å²) in [4.78, 5) is 2.40. The van der Waals surface area contributed by atoms with Crippen molar-refractivity contribution in [3.8, 4) is 0 Å². The fraction of sp³-hybridized carbons (Fsp3) is 0.600. The van der Waals surface area contributed by atoms with E-state index in [1.165, 1.54) is 18.4 Å². The molecule has 0 radical (unpaired) electrons. The van der Waals surface area contributed by atoms with Crippen molar-refractivity contribution in [2.24, 2.45) is 0 Å². The van der Waals surface area contributed by atoms with Crippen molar-refractivity contribution in [1.29, 1.82) is 0 Å². The number of hydrogen-bond acceptors (Lipinski definition) is 2. The van der Waals surface area contributed by atoms with Crippen molar-refractivity contribution in [2.45, 2.75) is 38.2 Å². The van der Waals surface area contributed by atoms with Crippen LogP contribution in [0.3, 0.4) is 0 Å². The van der Waals surface area contributed by atoms with Crippen LogP contribution in [-0.4, -0.2) is 35.7 Å². The van der Waals surface area contributed by atoms with Gasteiger partial charge in [-0.15, -0.1) is 0 Å². The van der Waals surface area contributed by atoms with Gasteiger partial charge in [0.2, 0.25) is 0 Å². The molecular formula is C15H23NO. The lowest BCUT2D eigenvalue weighted by Gasteiger charge is -2.23. The molecule has 94 valence electrons. The van der Waals surface area contributed by atoms with Crippen LogP contribution in [-0.2, 0) is 0 Å². The maximum absolute atomic E-state index is 9.57. The van der Waals surface area contributed by atoms with Crippen molar-refractivity contribution in [3.05, 3.63) is 35.9 Å². The van der Waals surface area contributed by atoms with E-state index in [1.54, 1.807) is 0 Å². The predicted octanol–water partition coefficient (Wildman–Crippen LogP) is 2.64. The molecule has 1 aromatic rings. The maximum atomic E-state index is 9.57. The number of hydrogen-bond donors (Lipinski definition) is 1. The summed E-state index contributed by atoms with van der Waals surface area (Å²) in [5, 5.41) is 9.57. The lowest BCUT2D eigenvalue weighted by Crippen LogP contribution is -2.27. The van der Waals surface area contributed by atoms with Crippen molar-refractivity contribution in [3.63, 3.8) is 0 Å². The fourth-order valence-corrected chi connectivity index (χ4v) is 2.73. The Morgan fingerprint density at radius 1 is 1.35 bits per heavy atom. The van der Waals surface area contributed by atoms with E-state index >= 15 is 0 Å². The third-order valence-corrected chi connectivity index (χ3v) is 3.63. The summed E-state index contributed by atoms with van der Waals surface area (Å²) in [6.07, 6.45) is 3.29. The third-order valence-electron chi connectivity index (χ3n) is 3.63. The fourth-order valence-electron chi connectivity index (χ4n) is 2.73. The lowest BCUT2D eigenvalue weighted by molar-refractivity contribution is 0.173. The Hall–Kier alpha value is -0.860. The summed E-state index contributed by atoms with van der Waals surface area (Å²) in [6, 6.07) is 10.8. The van der Waals surface area contributed by atoms with Gasteiger partial charge >= 0.3 is 0 Å². The first-order valence-corrected chi connectivity index (χ1v) is 6.75. The van der Waals surface area contributed by atoms with Crippen LogP contribution in [0.2, 0.25) is 0 Å². The number of aliphatic hydroxyl groups is 1. The Labute approximate surface area is 104 Å². The summed E-state index contributed by atoms with van der Waals surface area (Å²) in [7, 11) is 0. The van der Waals surface area contributed by atoms with Crippen LogP contribution in [0.15, 0.2) is 30.3 Å². The Kier molecular flexibility index (Phi) is 4.57. The highest BCUT2D eigenvalue weighted by Crippen LogP contribution is 2.24. The van der Waals surface area contributed by atoms with Crippen LogP contribution in [0.4, 0.5) is 0 Å². The highest BCUT2D eigenvalue weighted by atomic mass is 16.3. The van der Waals surface area contributed by atoms with E-state index in [9.17, 15) is 5.11 Å². The molecule has 0 saturated carbocycles. The van der Waals surface area contributed by atoms with Gasteiger partial charge in [-0.25, -0.2) is 0 Å². The lowest BCUT2D eigenvalue weighted by atomic mass is 9.94. The monoisotopic (exact) mass is 233 g/mol. The molecule has 1 saturated heterocycles. The number of aliphatic hydroxyl groups excluding tert-OH is 1. The first kappa shape index (κ1) is 12.6. The van der Waals surface area contributed by atoms with Gasteiger partial charge in [-0.05, 0) is 24.3 Å². The average Bonchev–Trinajstić information content (AvgIpc) is 2.75. The largest absolute Gasteiger partial charge is 0.392 e. The van der Waals surface area contributed by atoms with Crippen molar-refractivity contribution < 1.29 is 5.11 Å². The van der Waals surface area contributed by atoms with Gasteiger partial charge in [-0.2, -0.15) is 0 Å². The van der Waals surface area contributed by atoms with Gasteiger partial charge in [-0.3, -0.25) is 0 Å². The maximum Gasteiger partial charge on any atom is 0.0679 e. The van der Waals surface area contributed by atoms with Gasteiger partial charge in [0, 0.05) is 19.6 Å². The Balaban J connectivity index is 1.98. The summed E-state index contributed by atoms with van der Waals surface area (Å²) in [6.45, 7) is 5.24. The molecule has 1 fully saturated rings. The second-order valence-corrected chi connectivity index (χ2v) is 5.10. The van der Waals surface area contributed by atoms with Crippen LogP contribution < -0.4 is 0 Å². The number of benzene rings is 1. The zero-order valence-corrected chi connectivity index (χ0v) is 10.7. The molecule has 17 heavy (non-hydrogen) atoms. The highest BCUT2D eigenvalue weighted by molar-refractivity contribution is 5.19. The number of likely N-dealkylation sites (tertiary alicyclic amines) is 1. The number of rotatable bonds is 5. The summed E-state index contributed by atoms with van der Waals surface area (Å²) < 4.78 is 0. The molecule has 0 spiro atoms. The normalized spacial score (nSPS) is 22.8. The van der Waals surface area contributed by atoms with Crippen LogP contribution in [0, 0.1) is 0 Å². The van der Waals surface area contributed by atoms with Gasteiger partial charge in [0.05, 0.1) is 6.10 Å². The summed E-state index contributed by atoms with van der Waals surface area (Å²) in [5.74, 6) is 0.617. The summed E-state index contributed by atoms with van der Waals surface area (Å²) in [5.41, 5.74) is 1.44. The molecule has 2 nitrogen and oxygen atoms in total. The van der Waals surface area contributed by atoms with Crippen LogP contribution >= 0.6 is 0 Å². The zero-order valence-electron chi connectivity index (χ0n) is 10.7. The van der Waals surface area contributed by atoms with Gasteiger partial charge < -0.3 is 10.0 Å². The topological polar surface area (TPSA) is 23.5 Å². The molecule has 1 N–H and O–H groups in total. The first-order chi connectivity index (χ1) is 8.29. The van der Waals surface area contributed by atoms with E-state index in [-0.39, 0.29) is 6.10 Å². The molecule has 1 aliphatic rings. The molecule has 0 amide bonds. The van der Waals surface area contributed by atoms with Crippen LogP contribution in [0.1, 0.15) is 37.7 Å². The predicted molar refractivity (Wildman–Crippen MR) is 71.2 cm³/mol. The molecule has 2 rings (SSSR count). The Morgan fingerprint density at radius 2 is 2.12 bits per heavy atom. The van der Waals surface area contributed by atoms with E-state index in [4.69, 9.17) is 0 Å². The molecule has 1 unspecified atom stereocenters. The first-order valence-electron chi connectivity index (χ1n) is 6.75. The molecule has 2 atom stereocenters. The molecule has 0 aromatic heterocycles. The smallest absolute Gasteiger partial charge is 0.0679 e. The van der Waals surface area contributed by atoms with Crippen molar-refractivity contribution >= 4 is 0 Å². The van der Waals surface area contributed by atoms with Crippen molar-refractivity contribution in [1.82, 2.24) is 4.90 Å². The average molecular weight is 233 g/mol. The van der Waals surface area contributed by atoms with Gasteiger partial charge in [0.25, 0.3) is 0 Å². The SMILES string of the molecule is CCCC(CN1CC[C@@H](O)C1)c1ccccc1. The van der Waals surface area contributed by atoms with E-state index in [2.05, 4.69) is 42.2 Å². The molecule has 0 aliphatic carbocycles. The van der Waals surface area contributed by atoms with E-state index < -0.39 is 0 Å². The van der Waals surface area contributed by atoms with Gasteiger partial charge in [0.15, 0.2) is 0 Å². The van der Waals surface area contributed by atoms with Gasteiger partial charge in [-0.1, -0.05) is 43.7 Å². The van der Waals surface area contributed by atoms with E-state index in [0.717, 1.165) is 26.1 Å². The molecule has 1 aliphatic heterocycles. The third kappa shape index (κ3) is 3.55. The molecule has 1 heterocycles. The quantitative estimate of drug-likeness (QED) is 0.845. The van der Waals surface area contributed by atoms with Crippen LogP contribution in [0.5, 0.6) is 0 Å². The van der Waals surface area contributed by atoms with Crippen molar-refractivity contribution in [2.75, 3.05) is 19.6 Å².